The molecule has 0 unspecified atom stereocenters. The lowest BCUT2D eigenvalue weighted by Crippen LogP contribution is -2.51. The highest BCUT2D eigenvalue weighted by molar-refractivity contribution is 5.94. The van der Waals surface area contributed by atoms with Crippen LogP contribution in [0.4, 0.5) is 5.69 Å². The number of carbonyl (C=O) groups is 1. The summed E-state index contributed by atoms with van der Waals surface area (Å²) < 4.78 is 1.38. The second-order valence-electron chi connectivity index (χ2n) is 9.29. The normalized spacial score (nSPS) is 14.8. The van der Waals surface area contributed by atoms with E-state index in [2.05, 4.69) is 35.2 Å². The standard InChI is InChI=1S/C29H30N4O2/c1-20-13-14-21(2)26(19-20)27-24-11-7-8-12-25(24)29(35)33(30-27)22(3)28(34)32-17-15-31(16-18-32)23-9-5-4-6-10-23/h4-14,19,22H,15-18H2,1-3H3/t22-/m1/s1. The van der Waals surface area contributed by atoms with E-state index in [0.29, 0.717) is 18.5 Å². The van der Waals surface area contributed by atoms with Crippen LogP contribution in [0.1, 0.15) is 24.1 Å². The minimum atomic E-state index is -0.695. The summed E-state index contributed by atoms with van der Waals surface area (Å²) in [6.07, 6.45) is 0. The number of para-hydroxylation sites is 1. The Morgan fingerprint density at radius 2 is 1.51 bits per heavy atom. The maximum atomic E-state index is 13.5. The highest BCUT2D eigenvalue weighted by Gasteiger charge is 2.28. The van der Waals surface area contributed by atoms with Gasteiger partial charge in [0.2, 0.25) is 5.91 Å². The molecule has 5 rings (SSSR count). The first kappa shape index (κ1) is 22.8. The van der Waals surface area contributed by atoms with Crippen molar-refractivity contribution in [3.05, 3.63) is 94.3 Å². The van der Waals surface area contributed by atoms with Crippen molar-refractivity contribution in [1.82, 2.24) is 14.7 Å². The first-order chi connectivity index (χ1) is 16.9. The molecule has 0 radical (unpaired) electrons. The van der Waals surface area contributed by atoms with E-state index >= 15 is 0 Å². The van der Waals surface area contributed by atoms with E-state index < -0.39 is 6.04 Å². The Kier molecular flexibility index (Phi) is 6.12. The second-order valence-corrected chi connectivity index (χ2v) is 9.29. The first-order valence-electron chi connectivity index (χ1n) is 12.1. The van der Waals surface area contributed by atoms with Crippen LogP contribution < -0.4 is 10.5 Å². The van der Waals surface area contributed by atoms with Crippen LogP contribution in [0.3, 0.4) is 0 Å². The molecule has 1 atom stereocenters. The molecule has 0 saturated carbocycles. The predicted octanol–water partition coefficient (Wildman–Crippen LogP) is 4.59. The summed E-state index contributed by atoms with van der Waals surface area (Å²) in [6.45, 7) is 8.62. The fraction of sp³-hybridized carbons (Fsp3) is 0.276. The third-order valence-electron chi connectivity index (χ3n) is 6.91. The third kappa shape index (κ3) is 4.32. The Hall–Kier alpha value is -3.93. The monoisotopic (exact) mass is 466 g/mol. The number of nitrogens with zero attached hydrogens (tertiary/aromatic N) is 4. The van der Waals surface area contributed by atoms with Crippen LogP contribution in [-0.2, 0) is 4.79 Å². The predicted molar refractivity (Wildman–Crippen MR) is 141 cm³/mol. The first-order valence-corrected chi connectivity index (χ1v) is 12.1. The van der Waals surface area contributed by atoms with Gasteiger partial charge in [-0.3, -0.25) is 9.59 Å². The number of hydrogen-bond acceptors (Lipinski definition) is 4. The van der Waals surface area contributed by atoms with E-state index in [4.69, 9.17) is 5.10 Å². The van der Waals surface area contributed by atoms with Crippen LogP contribution in [0.5, 0.6) is 0 Å². The molecule has 178 valence electrons. The van der Waals surface area contributed by atoms with E-state index in [-0.39, 0.29) is 11.5 Å². The van der Waals surface area contributed by atoms with Crippen LogP contribution in [0.2, 0.25) is 0 Å². The Balaban J connectivity index is 1.48. The van der Waals surface area contributed by atoms with Gasteiger partial charge in [-0.25, -0.2) is 4.68 Å². The van der Waals surface area contributed by atoms with Crippen LogP contribution in [-0.4, -0.2) is 46.8 Å². The van der Waals surface area contributed by atoms with Gasteiger partial charge < -0.3 is 9.80 Å². The third-order valence-corrected chi connectivity index (χ3v) is 6.91. The number of amides is 1. The largest absolute Gasteiger partial charge is 0.368 e. The Bertz CT molecular complexity index is 1440. The molecular formula is C29H30N4O2. The van der Waals surface area contributed by atoms with Gasteiger partial charge >= 0.3 is 0 Å². The molecule has 1 aliphatic rings. The molecule has 0 N–H and O–H groups in total. The molecule has 1 saturated heterocycles. The van der Waals surface area contributed by atoms with Crippen molar-refractivity contribution in [2.24, 2.45) is 0 Å². The highest BCUT2D eigenvalue weighted by atomic mass is 16.2. The number of benzene rings is 3. The minimum absolute atomic E-state index is 0.0745. The summed E-state index contributed by atoms with van der Waals surface area (Å²) >= 11 is 0. The average molecular weight is 467 g/mol. The molecule has 6 heteroatoms. The minimum Gasteiger partial charge on any atom is -0.368 e. The Morgan fingerprint density at radius 1 is 0.857 bits per heavy atom. The van der Waals surface area contributed by atoms with Gasteiger partial charge in [-0.1, -0.05) is 54.1 Å². The van der Waals surface area contributed by atoms with E-state index in [1.165, 1.54) is 10.4 Å². The zero-order chi connectivity index (χ0) is 24.5. The number of hydrogen-bond donors (Lipinski definition) is 0. The summed E-state index contributed by atoms with van der Waals surface area (Å²) in [4.78, 5) is 31.1. The van der Waals surface area contributed by atoms with Crippen LogP contribution in [0.25, 0.3) is 22.0 Å². The van der Waals surface area contributed by atoms with Crippen molar-refractivity contribution >= 4 is 22.4 Å². The number of aromatic nitrogens is 2. The molecule has 1 aliphatic heterocycles. The van der Waals surface area contributed by atoms with E-state index in [1.807, 2.05) is 61.2 Å². The van der Waals surface area contributed by atoms with Crippen LogP contribution >= 0.6 is 0 Å². The van der Waals surface area contributed by atoms with Gasteiger partial charge in [-0.15, -0.1) is 0 Å². The van der Waals surface area contributed by atoms with Crippen molar-refractivity contribution in [1.29, 1.82) is 0 Å². The van der Waals surface area contributed by atoms with Crippen molar-refractivity contribution < 1.29 is 4.79 Å². The summed E-state index contributed by atoms with van der Waals surface area (Å²) in [5.41, 5.74) is 4.83. The topological polar surface area (TPSA) is 58.4 Å². The fourth-order valence-electron chi connectivity index (χ4n) is 4.85. The molecule has 0 aliphatic carbocycles. The van der Waals surface area contributed by atoms with Gasteiger partial charge in [0.05, 0.1) is 11.1 Å². The molecule has 0 bridgehead atoms. The van der Waals surface area contributed by atoms with Crippen molar-refractivity contribution in [3.63, 3.8) is 0 Å². The number of carbonyl (C=O) groups excluding carboxylic acids is 1. The zero-order valence-electron chi connectivity index (χ0n) is 20.4. The number of aryl methyl sites for hydroxylation is 2. The second kappa shape index (κ2) is 9.37. The summed E-state index contributed by atoms with van der Waals surface area (Å²) in [6, 6.07) is 23.3. The number of anilines is 1. The summed E-state index contributed by atoms with van der Waals surface area (Å²) in [7, 11) is 0. The molecule has 1 amide bonds. The van der Waals surface area contributed by atoms with E-state index in [0.717, 1.165) is 40.9 Å². The van der Waals surface area contributed by atoms with E-state index in [1.54, 1.807) is 6.92 Å². The van der Waals surface area contributed by atoms with Crippen molar-refractivity contribution in [3.8, 4) is 11.3 Å². The Labute approximate surface area is 205 Å². The lowest BCUT2D eigenvalue weighted by Gasteiger charge is -2.37. The highest BCUT2D eigenvalue weighted by Crippen LogP contribution is 2.29. The van der Waals surface area contributed by atoms with Crippen molar-refractivity contribution in [2.45, 2.75) is 26.8 Å². The van der Waals surface area contributed by atoms with Crippen molar-refractivity contribution in [2.75, 3.05) is 31.1 Å². The number of rotatable bonds is 4. The molecule has 1 aromatic heterocycles. The number of piperazine rings is 1. The summed E-state index contributed by atoms with van der Waals surface area (Å²) in [5, 5.41) is 6.18. The van der Waals surface area contributed by atoms with Gasteiger partial charge in [0.1, 0.15) is 6.04 Å². The van der Waals surface area contributed by atoms with E-state index in [9.17, 15) is 9.59 Å². The van der Waals surface area contributed by atoms with Gasteiger partial charge in [0, 0.05) is 42.8 Å². The van der Waals surface area contributed by atoms with Crippen LogP contribution in [0.15, 0.2) is 77.6 Å². The van der Waals surface area contributed by atoms with Gasteiger partial charge in [0.25, 0.3) is 5.56 Å². The quantitative estimate of drug-likeness (QED) is 0.441. The molecule has 1 fully saturated rings. The SMILES string of the molecule is Cc1ccc(C)c(-c2nn([C@H](C)C(=O)N3CCN(c4ccccc4)CC3)c(=O)c3ccccc23)c1. The van der Waals surface area contributed by atoms with Gasteiger partial charge in [-0.2, -0.15) is 5.10 Å². The Morgan fingerprint density at radius 3 is 2.23 bits per heavy atom. The molecule has 0 spiro atoms. The average Bonchev–Trinajstić information content (AvgIpc) is 2.90. The smallest absolute Gasteiger partial charge is 0.275 e. The zero-order valence-corrected chi connectivity index (χ0v) is 20.4. The molecule has 35 heavy (non-hydrogen) atoms. The van der Waals surface area contributed by atoms with Gasteiger partial charge in [0.15, 0.2) is 0 Å². The maximum Gasteiger partial charge on any atom is 0.275 e. The lowest BCUT2D eigenvalue weighted by molar-refractivity contribution is -0.135. The molecular weight excluding hydrogens is 436 g/mol. The fourth-order valence-corrected chi connectivity index (χ4v) is 4.85. The van der Waals surface area contributed by atoms with Crippen LogP contribution in [0, 0.1) is 13.8 Å². The van der Waals surface area contributed by atoms with Gasteiger partial charge in [-0.05, 0) is 50.6 Å². The summed E-state index contributed by atoms with van der Waals surface area (Å²) in [5.74, 6) is -0.0745. The molecule has 3 aromatic carbocycles. The molecule has 6 nitrogen and oxygen atoms in total. The number of fused-ring (bicyclic) bond motifs is 1. The lowest BCUT2D eigenvalue weighted by atomic mass is 9.99. The molecule has 4 aromatic rings. The maximum absolute atomic E-state index is 13.5. The molecule has 2 heterocycles.